The fourth-order valence-corrected chi connectivity index (χ4v) is 2.47. The molecule has 1 aliphatic carbocycles. The number of benzene rings is 1. The molecule has 4 heteroatoms. The summed E-state index contributed by atoms with van der Waals surface area (Å²) in [6.45, 7) is 4.41. The van der Waals surface area contributed by atoms with Crippen LogP contribution in [0.1, 0.15) is 38.7 Å². The van der Waals surface area contributed by atoms with Crippen LogP contribution < -0.4 is 10.1 Å². The number of aliphatic hydroxyl groups excluding tert-OH is 1. The SMILES string of the molecule is CC(C)Oc1ccc(F)cc1CN[C@@H]1CCC[C@@H]1O. The van der Waals surface area contributed by atoms with Crippen molar-refractivity contribution in [2.24, 2.45) is 0 Å². The maximum Gasteiger partial charge on any atom is 0.124 e. The van der Waals surface area contributed by atoms with Gasteiger partial charge in [0.25, 0.3) is 0 Å². The van der Waals surface area contributed by atoms with Crippen LogP contribution in [0, 0.1) is 5.82 Å². The molecular weight excluding hydrogens is 245 g/mol. The van der Waals surface area contributed by atoms with Crippen molar-refractivity contribution in [3.05, 3.63) is 29.6 Å². The van der Waals surface area contributed by atoms with Crippen LogP contribution in [0.4, 0.5) is 4.39 Å². The van der Waals surface area contributed by atoms with Crippen molar-refractivity contribution >= 4 is 0 Å². The van der Waals surface area contributed by atoms with Crippen molar-refractivity contribution < 1.29 is 14.2 Å². The van der Waals surface area contributed by atoms with Crippen molar-refractivity contribution in [2.75, 3.05) is 0 Å². The second-order valence-electron chi connectivity index (χ2n) is 5.40. The lowest BCUT2D eigenvalue weighted by Gasteiger charge is -2.19. The number of hydrogen-bond acceptors (Lipinski definition) is 3. The van der Waals surface area contributed by atoms with Gasteiger partial charge >= 0.3 is 0 Å². The number of rotatable bonds is 5. The summed E-state index contributed by atoms with van der Waals surface area (Å²) >= 11 is 0. The molecular formula is C15H22FNO2. The lowest BCUT2D eigenvalue weighted by atomic mass is 10.1. The number of ether oxygens (including phenoxy) is 1. The smallest absolute Gasteiger partial charge is 0.124 e. The Bertz CT molecular complexity index is 423. The molecule has 0 amide bonds. The van der Waals surface area contributed by atoms with Gasteiger partial charge in [0.05, 0.1) is 12.2 Å². The Balaban J connectivity index is 2.03. The molecule has 0 unspecified atom stereocenters. The van der Waals surface area contributed by atoms with Gasteiger partial charge in [-0.3, -0.25) is 0 Å². The Morgan fingerprint density at radius 2 is 2.21 bits per heavy atom. The molecule has 1 aliphatic rings. The van der Waals surface area contributed by atoms with Crippen molar-refractivity contribution in [2.45, 2.75) is 57.9 Å². The normalized spacial score (nSPS) is 23.0. The Labute approximate surface area is 113 Å². The summed E-state index contributed by atoms with van der Waals surface area (Å²) in [5.41, 5.74) is 0.799. The summed E-state index contributed by atoms with van der Waals surface area (Å²) in [6, 6.07) is 4.67. The van der Waals surface area contributed by atoms with Crippen LogP contribution in [-0.4, -0.2) is 23.4 Å². The van der Waals surface area contributed by atoms with Gasteiger partial charge < -0.3 is 15.2 Å². The lowest BCUT2D eigenvalue weighted by Crippen LogP contribution is -2.35. The lowest BCUT2D eigenvalue weighted by molar-refractivity contribution is 0.148. The second-order valence-corrected chi connectivity index (χ2v) is 5.40. The highest BCUT2D eigenvalue weighted by Crippen LogP contribution is 2.23. The average Bonchev–Trinajstić information content (AvgIpc) is 2.75. The van der Waals surface area contributed by atoms with E-state index in [1.54, 1.807) is 6.07 Å². The quantitative estimate of drug-likeness (QED) is 0.861. The van der Waals surface area contributed by atoms with Gasteiger partial charge in [-0.1, -0.05) is 0 Å². The van der Waals surface area contributed by atoms with Crippen LogP contribution in [0.25, 0.3) is 0 Å². The summed E-state index contributed by atoms with van der Waals surface area (Å²) in [5.74, 6) is 0.441. The number of halogens is 1. The Hall–Kier alpha value is -1.13. The second kappa shape index (κ2) is 6.35. The Kier molecular flexibility index (Phi) is 4.77. The van der Waals surface area contributed by atoms with Crippen molar-refractivity contribution in [3.63, 3.8) is 0 Å². The number of nitrogens with one attached hydrogen (secondary N) is 1. The molecule has 19 heavy (non-hydrogen) atoms. The van der Waals surface area contributed by atoms with E-state index in [9.17, 15) is 9.50 Å². The first-order valence-corrected chi connectivity index (χ1v) is 6.93. The minimum atomic E-state index is -0.289. The minimum absolute atomic E-state index is 0.0567. The maximum absolute atomic E-state index is 13.3. The minimum Gasteiger partial charge on any atom is -0.491 e. The predicted molar refractivity (Wildman–Crippen MR) is 72.6 cm³/mol. The Morgan fingerprint density at radius 1 is 1.42 bits per heavy atom. The summed E-state index contributed by atoms with van der Waals surface area (Å²) in [6.07, 6.45) is 2.62. The molecule has 2 atom stereocenters. The molecule has 2 N–H and O–H groups in total. The zero-order valence-corrected chi connectivity index (χ0v) is 11.5. The van der Waals surface area contributed by atoms with E-state index in [4.69, 9.17) is 4.74 Å². The van der Waals surface area contributed by atoms with Gasteiger partial charge in [-0.25, -0.2) is 4.39 Å². The third-order valence-electron chi connectivity index (χ3n) is 3.42. The van der Waals surface area contributed by atoms with Gasteiger partial charge in [0.2, 0.25) is 0 Å². The van der Waals surface area contributed by atoms with Crippen LogP contribution in [0.3, 0.4) is 0 Å². The van der Waals surface area contributed by atoms with Crippen LogP contribution in [-0.2, 0) is 6.54 Å². The van der Waals surface area contributed by atoms with E-state index >= 15 is 0 Å². The van der Waals surface area contributed by atoms with Crippen molar-refractivity contribution in [3.8, 4) is 5.75 Å². The third-order valence-corrected chi connectivity index (χ3v) is 3.42. The van der Waals surface area contributed by atoms with E-state index in [1.165, 1.54) is 12.1 Å². The third kappa shape index (κ3) is 3.91. The van der Waals surface area contributed by atoms with Gasteiger partial charge in [0.15, 0.2) is 0 Å². The topological polar surface area (TPSA) is 41.5 Å². The van der Waals surface area contributed by atoms with E-state index in [0.717, 1.165) is 24.8 Å². The van der Waals surface area contributed by atoms with Crippen molar-refractivity contribution in [1.29, 1.82) is 0 Å². The van der Waals surface area contributed by atoms with Crippen LogP contribution in [0.5, 0.6) is 5.75 Å². The van der Waals surface area contributed by atoms with Crippen LogP contribution in [0.15, 0.2) is 18.2 Å². The molecule has 0 aliphatic heterocycles. The molecule has 1 saturated carbocycles. The summed E-state index contributed by atoms with van der Waals surface area (Å²) < 4.78 is 19.0. The van der Waals surface area contributed by atoms with Gasteiger partial charge in [-0.15, -0.1) is 0 Å². The largest absolute Gasteiger partial charge is 0.491 e. The van der Waals surface area contributed by atoms with E-state index < -0.39 is 0 Å². The highest BCUT2D eigenvalue weighted by atomic mass is 19.1. The van der Waals surface area contributed by atoms with Gasteiger partial charge in [-0.2, -0.15) is 0 Å². The molecule has 106 valence electrons. The predicted octanol–water partition coefficient (Wildman–Crippen LogP) is 2.62. The highest BCUT2D eigenvalue weighted by molar-refractivity contribution is 5.34. The van der Waals surface area contributed by atoms with Gasteiger partial charge in [-0.05, 0) is 51.3 Å². The van der Waals surface area contributed by atoms with Crippen molar-refractivity contribution in [1.82, 2.24) is 5.32 Å². The molecule has 0 saturated heterocycles. The summed E-state index contributed by atoms with van der Waals surface area (Å²) in [7, 11) is 0. The monoisotopic (exact) mass is 267 g/mol. The molecule has 0 radical (unpaired) electrons. The molecule has 0 spiro atoms. The fraction of sp³-hybridized carbons (Fsp3) is 0.600. The summed E-state index contributed by atoms with van der Waals surface area (Å²) in [4.78, 5) is 0. The van der Waals surface area contributed by atoms with Crippen LogP contribution >= 0.6 is 0 Å². The first-order chi connectivity index (χ1) is 9.06. The van der Waals surface area contributed by atoms with Gasteiger partial charge in [0.1, 0.15) is 11.6 Å². The number of aliphatic hydroxyl groups is 1. The molecule has 1 aromatic rings. The van der Waals surface area contributed by atoms with E-state index in [2.05, 4.69) is 5.32 Å². The standard InChI is InChI=1S/C15H22FNO2/c1-10(2)19-15-7-6-12(16)8-11(15)9-17-13-4-3-5-14(13)18/h6-8,10,13-14,17-18H,3-5,9H2,1-2H3/t13-,14+/m1/s1. The molecule has 3 nitrogen and oxygen atoms in total. The van der Waals surface area contributed by atoms with Gasteiger partial charge in [0, 0.05) is 18.2 Å². The fourth-order valence-electron chi connectivity index (χ4n) is 2.47. The molecule has 1 aromatic carbocycles. The zero-order valence-electron chi connectivity index (χ0n) is 11.5. The highest BCUT2D eigenvalue weighted by Gasteiger charge is 2.24. The number of hydrogen-bond donors (Lipinski definition) is 2. The summed E-state index contributed by atoms with van der Waals surface area (Å²) in [5, 5.41) is 13.1. The molecule has 0 heterocycles. The molecule has 2 rings (SSSR count). The maximum atomic E-state index is 13.3. The first-order valence-electron chi connectivity index (χ1n) is 6.93. The molecule has 1 fully saturated rings. The average molecular weight is 267 g/mol. The molecule has 0 aromatic heterocycles. The van der Waals surface area contributed by atoms with E-state index in [-0.39, 0.29) is 24.1 Å². The van der Waals surface area contributed by atoms with E-state index in [0.29, 0.717) is 12.3 Å². The zero-order chi connectivity index (χ0) is 13.8. The first kappa shape index (κ1) is 14.3. The van der Waals surface area contributed by atoms with E-state index in [1.807, 2.05) is 13.8 Å². The van der Waals surface area contributed by atoms with Crippen LogP contribution in [0.2, 0.25) is 0 Å². The Morgan fingerprint density at radius 3 is 2.84 bits per heavy atom. The molecule has 0 bridgehead atoms.